The second-order valence-corrected chi connectivity index (χ2v) is 6.01. The van der Waals surface area contributed by atoms with Crippen LogP contribution in [-0.2, 0) is 22.9 Å². The first-order valence-corrected chi connectivity index (χ1v) is 7.77. The Morgan fingerprint density at radius 3 is 1.59 bits per heavy atom. The van der Waals surface area contributed by atoms with E-state index in [0.29, 0.717) is 12.8 Å². The zero-order valence-electron chi connectivity index (χ0n) is 8.71. The Bertz CT molecular complexity index is 300. The van der Waals surface area contributed by atoms with E-state index in [9.17, 15) is 9.13 Å². The van der Waals surface area contributed by atoms with Gasteiger partial charge >= 0.3 is 15.6 Å². The Kier molecular flexibility index (Phi) is 5.27. The molecule has 2 atom stereocenters. The summed E-state index contributed by atoms with van der Waals surface area (Å²) in [6.07, 6.45) is -0.0503. The lowest BCUT2D eigenvalue weighted by molar-refractivity contribution is -0.0118. The van der Waals surface area contributed by atoms with Gasteiger partial charge in [-0.25, -0.2) is 9.13 Å². The van der Waals surface area contributed by atoms with Crippen molar-refractivity contribution in [3.8, 4) is 0 Å². The largest absolute Gasteiger partial charge is 0.469 e. The van der Waals surface area contributed by atoms with Crippen LogP contribution in [0.25, 0.3) is 0 Å². The maximum atomic E-state index is 10.4. The Hall–Kier alpha value is 0.180. The number of phosphoric ester groups is 2. The number of hydrogen-bond acceptors (Lipinski definition) is 5. The van der Waals surface area contributed by atoms with E-state index in [2.05, 4.69) is 9.05 Å². The van der Waals surface area contributed by atoms with Crippen LogP contribution >= 0.6 is 15.6 Å². The molecule has 1 heterocycles. The molecule has 102 valence electrons. The van der Waals surface area contributed by atoms with Crippen LogP contribution in [-0.4, -0.2) is 45.0 Å². The third-order valence-corrected chi connectivity index (χ3v) is 3.02. The average Bonchev–Trinajstić information content (AvgIpc) is 2.57. The van der Waals surface area contributed by atoms with Gasteiger partial charge in [0.2, 0.25) is 0 Å². The molecule has 0 aliphatic carbocycles. The summed E-state index contributed by atoms with van der Waals surface area (Å²) in [6, 6.07) is 0. The molecule has 11 heteroatoms. The van der Waals surface area contributed by atoms with Crippen LogP contribution in [0.1, 0.15) is 12.8 Å². The Balaban J connectivity index is 2.24. The lowest BCUT2D eigenvalue weighted by Crippen LogP contribution is -2.19. The van der Waals surface area contributed by atoms with E-state index in [1.807, 2.05) is 0 Å². The minimum absolute atomic E-state index is 0.267. The van der Waals surface area contributed by atoms with E-state index in [1.165, 1.54) is 0 Å². The fourth-order valence-electron chi connectivity index (χ4n) is 1.39. The van der Waals surface area contributed by atoms with Crippen molar-refractivity contribution in [2.75, 3.05) is 13.2 Å². The van der Waals surface area contributed by atoms with Gasteiger partial charge in [0.15, 0.2) is 0 Å². The van der Waals surface area contributed by atoms with Gasteiger partial charge in [-0.15, -0.1) is 0 Å². The lowest BCUT2D eigenvalue weighted by atomic mass is 10.2. The van der Waals surface area contributed by atoms with E-state index < -0.39 is 27.9 Å². The van der Waals surface area contributed by atoms with Crippen molar-refractivity contribution in [3.05, 3.63) is 0 Å². The molecule has 0 unspecified atom stereocenters. The molecular weight excluding hydrogens is 278 g/mol. The SMILES string of the molecule is O=P(O)(O)OC[C@H]1CC[C@@H](COP(=O)(O)O)O1. The highest BCUT2D eigenvalue weighted by atomic mass is 31.2. The topological polar surface area (TPSA) is 143 Å². The highest BCUT2D eigenvalue weighted by molar-refractivity contribution is 7.46. The fraction of sp³-hybridized carbons (Fsp3) is 1.00. The van der Waals surface area contributed by atoms with Crippen LogP contribution < -0.4 is 0 Å². The van der Waals surface area contributed by atoms with Gasteiger partial charge in [-0.2, -0.15) is 0 Å². The summed E-state index contributed by atoms with van der Waals surface area (Å²) in [6.45, 7) is -0.534. The van der Waals surface area contributed by atoms with Gasteiger partial charge in [-0.3, -0.25) is 9.05 Å². The summed E-state index contributed by atoms with van der Waals surface area (Å²) in [7, 11) is -9.03. The van der Waals surface area contributed by atoms with E-state index >= 15 is 0 Å². The Morgan fingerprint density at radius 2 is 1.29 bits per heavy atom. The number of rotatable bonds is 6. The highest BCUT2D eigenvalue weighted by Crippen LogP contribution is 2.38. The van der Waals surface area contributed by atoms with Crippen LogP contribution in [0, 0.1) is 0 Å². The second kappa shape index (κ2) is 5.88. The first-order chi connectivity index (χ1) is 7.66. The zero-order chi connectivity index (χ0) is 13.1. The summed E-state index contributed by atoms with van der Waals surface area (Å²) < 4.78 is 34.6. The van der Waals surface area contributed by atoms with Crippen LogP contribution in [0.15, 0.2) is 0 Å². The minimum atomic E-state index is -4.52. The van der Waals surface area contributed by atoms with Crippen LogP contribution in [0.3, 0.4) is 0 Å². The average molecular weight is 292 g/mol. The van der Waals surface area contributed by atoms with Gasteiger partial charge < -0.3 is 24.3 Å². The van der Waals surface area contributed by atoms with E-state index in [0.717, 1.165) is 0 Å². The molecule has 9 nitrogen and oxygen atoms in total. The van der Waals surface area contributed by atoms with Gasteiger partial charge in [0.25, 0.3) is 0 Å². The summed E-state index contributed by atoms with van der Waals surface area (Å²) in [4.78, 5) is 33.8. The summed E-state index contributed by atoms with van der Waals surface area (Å²) >= 11 is 0. The van der Waals surface area contributed by atoms with Crippen molar-refractivity contribution >= 4 is 15.6 Å². The summed E-state index contributed by atoms with van der Waals surface area (Å²) in [5, 5.41) is 0. The summed E-state index contributed by atoms with van der Waals surface area (Å²) in [5.41, 5.74) is 0. The molecule has 4 N–H and O–H groups in total. The first kappa shape index (κ1) is 15.2. The normalized spacial score (nSPS) is 26.4. The maximum absolute atomic E-state index is 10.4. The predicted molar refractivity (Wildman–Crippen MR) is 53.9 cm³/mol. The molecule has 17 heavy (non-hydrogen) atoms. The Morgan fingerprint density at radius 1 is 0.941 bits per heavy atom. The van der Waals surface area contributed by atoms with E-state index in [4.69, 9.17) is 24.3 Å². The van der Waals surface area contributed by atoms with Crippen molar-refractivity contribution in [1.82, 2.24) is 0 Å². The van der Waals surface area contributed by atoms with Crippen LogP contribution in [0.4, 0.5) is 0 Å². The molecule has 1 saturated heterocycles. The van der Waals surface area contributed by atoms with Gasteiger partial charge in [-0.05, 0) is 12.8 Å². The van der Waals surface area contributed by atoms with Gasteiger partial charge in [-0.1, -0.05) is 0 Å². The number of phosphoric acid groups is 2. The standard InChI is InChI=1S/C6H14O9P2/c7-16(8,9)13-3-5-1-2-6(15-5)4-14-17(10,11)12/h5-6H,1-4H2,(H2,7,8,9)(H2,10,11,12)/t5-,6+. The van der Waals surface area contributed by atoms with Gasteiger partial charge in [0.1, 0.15) is 0 Å². The molecule has 1 fully saturated rings. The monoisotopic (exact) mass is 292 g/mol. The highest BCUT2D eigenvalue weighted by Gasteiger charge is 2.29. The van der Waals surface area contributed by atoms with Crippen molar-refractivity contribution in [3.63, 3.8) is 0 Å². The molecule has 0 aromatic heterocycles. The van der Waals surface area contributed by atoms with Crippen LogP contribution in [0.2, 0.25) is 0 Å². The van der Waals surface area contributed by atoms with Crippen LogP contribution in [0.5, 0.6) is 0 Å². The fourth-order valence-corrected chi connectivity index (χ4v) is 2.11. The molecule has 0 saturated carbocycles. The summed E-state index contributed by atoms with van der Waals surface area (Å²) in [5.74, 6) is 0. The van der Waals surface area contributed by atoms with Gasteiger partial charge in [0.05, 0.1) is 25.4 Å². The molecule has 0 radical (unpaired) electrons. The molecule has 1 aliphatic heterocycles. The third kappa shape index (κ3) is 7.25. The number of hydrogen-bond donors (Lipinski definition) is 4. The molecule has 0 amide bonds. The smallest absolute Gasteiger partial charge is 0.370 e. The van der Waals surface area contributed by atoms with E-state index in [-0.39, 0.29) is 13.2 Å². The second-order valence-electron chi connectivity index (χ2n) is 3.53. The molecule has 0 aromatic carbocycles. The Labute approximate surface area is 97.2 Å². The molecule has 1 rings (SSSR count). The molecule has 0 aromatic rings. The molecular formula is C6H14O9P2. The number of ether oxygens (including phenoxy) is 1. The van der Waals surface area contributed by atoms with Crippen molar-refractivity contribution in [2.45, 2.75) is 25.0 Å². The molecule has 1 aliphatic rings. The maximum Gasteiger partial charge on any atom is 0.469 e. The van der Waals surface area contributed by atoms with Gasteiger partial charge in [0, 0.05) is 0 Å². The van der Waals surface area contributed by atoms with Crippen molar-refractivity contribution in [1.29, 1.82) is 0 Å². The predicted octanol–water partition coefficient (Wildman–Crippen LogP) is -0.247. The molecule has 0 spiro atoms. The third-order valence-electron chi connectivity index (χ3n) is 2.05. The quantitative estimate of drug-likeness (QED) is 0.487. The van der Waals surface area contributed by atoms with Crippen molar-refractivity contribution in [2.24, 2.45) is 0 Å². The van der Waals surface area contributed by atoms with Crippen molar-refractivity contribution < 1.29 is 42.5 Å². The first-order valence-electron chi connectivity index (χ1n) is 4.71. The lowest BCUT2D eigenvalue weighted by Gasteiger charge is -2.14. The molecule has 0 bridgehead atoms. The zero-order valence-corrected chi connectivity index (χ0v) is 10.5. The van der Waals surface area contributed by atoms with E-state index in [1.54, 1.807) is 0 Å². The minimum Gasteiger partial charge on any atom is -0.370 e.